The fraction of sp³-hybridized carbons (Fsp3) is 0.200. The first-order valence-corrected chi connectivity index (χ1v) is 5.96. The maximum atomic E-state index is 5.90. The Balaban J connectivity index is 2.81. The number of methoxy groups -OCH3 is 1. The lowest BCUT2D eigenvalue weighted by molar-refractivity contribution is 0.421. The molecule has 4 heteroatoms. The Morgan fingerprint density at radius 1 is 1.50 bits per heavy atom. The van der Waals surface area contributed by atoms with Crippen LogP contribution < -0.4 is 4.74 Å². The van der Waals surface area contributed by atoms with E-state index in [1.807, 2.05) is 17.5 Å². The van der Waals surface area contributed by atoms with Gasteiger partial charge in [0.2, 0.25) is 0 Å². The van der Waals surface area contributed by atoms with Gasteiger partial charge in [0.05, 0.1) is 7.11 Å². The normalized spacial score (nSPS) is 10.8. The lowest BCUT2D eigenvalue weighted by atomic mass is 10.1. The third-order valence-electron chi connectivity index (χ3n) is 2.14. The summed E-state index contributed by atoms with van der Waals surface area (Å²) in [6.45, 7) is 0. The van der Waals surface area contributed by atoms with Crippen LogP contribution in [0.2, 0.25) is 0 Å². The second kappa shape index (κ2) is 4.01. The molecule has 0 amide bonds. The van der Waals surface area contributed by atoms with Gasteiger partial charge in [0, 0.05) is 26.2 Å². The molecule has 2 rings (SSSR count). The Hall–Kier alpha value is -0.380. The van der Waals surface area contributed by atoms with Gasteiger partial charge in [-0.3, -0.25) is 0 Å². The van der Waals surface area contributed by atoms with Crippen LogP contribution in [0.5, 0.6) is 5.75 Å². The number of ether oxygens (including phenoxy) is 1. The third-order valence-corrected chi connectivity index (χ3v) is 3.76. The van der Waals surface area contributed by atoms with Crippen molar-refractivity contribution in [3.05, 3.63) is 23.1 Å². The van der Waals surface area contributed by atoms with Crippen molar-refractivity contribution in [2.45, 2.75) is 10.8 Å². The summed E-state index contributed by atoms with van der Waals surface area (Å²) in [5.74, 6) is 1.35. The van der Waals surface area contributed by atoms with Gasteiger partial charge >= 0.3 is 0 Å². The van der Waals surface area contributed by atoms with Crippen LogP contribution in [0.25, 0.3) is 10.1 Å². The predicted molar refractivity (Wildman–Crippen MR) is 65.2 cm³/mol. The van der Waals surface area contributed by atoms with Crippen LogP contribution in [0.3, 0.4) is 0 Å². The van der Waals surface area contributed by atoms with Crippen LogP contribution in [0.4, 0.5) is 0 Å². The van der Waals surface area contributed by atoms with Crippen LogP contribution >= 0.6 is 35.6 Å². The maximum Gasteiger partial charge on any atom is 0.137 e. The molecule has 0 bridgehead atoms. The summed E-state index contributed by atoms with van der Waals surface area (Å²) < 4.78 is 6.47. The van der Waals surface area contributed by atoms with Gasteiger partial charge in [-0.05, 0) is 17.7 Å². The van der Waals surface area contributed by atoms with Crippen LogP contribution in [0.1, 0.15) is 5.56 Å². The molecule has 1 heterocycles. The Morgan fingerprint density at radius 2 is 2.29 bits per heavy atom. The Labute approximate surface area is 97.1 Å². The molecule has 0 aliphatic rings. The molecular formula is C10H9ClOS2. The van der Waals surface area contributed by atoms with Crippen molar-refractivity contribution < 1.29 is 4.74 Å². The van der Waals surface area contributed by atoms with Crippen LogP contribution in [0, 0.1) is 0 Å². The number of thiophene rings is 1. The zero-order valence-corrected chi connectivity index (χ0v) is 10.0. The quantitative estimate of drug-likeness (QED) is 0.622. The number of hydrogen-bond donors (Lipinski definition) is 1. The van der Waals surface area contributed by atoms with Gasteiger partial charge in [-0.25, -0.2) is 0 Å². The molecule has 2 aromatic rings. The van der Waals surface area contributed by atoms with E-state index in [-0.39, 0.29) is 0 Å². The largest absolute Gasteiger partial charge is 0.495 e. The number of fused-ring (bicyclic) bond motifs is 1. The van der Waals surface area contributed by atoms with E-state index < -0.39 is 0 Å². The topological polar surface area (TPSA) is 9.23 Å². The van der Waals surface area contributed by atoms with Gasteiger partial charge < -0.3 is 4.74 Å². The van der Waals surface area contributed by atoms with Crippen molar-refractivity contribution in [3.63, 3.8) is 0 Å². The fourth-order valence-corrected chi connectivity index (χ4v) is 3.02. The Bertz CT molecular complexity index is 464. The molecule has 0 saturated heterocycles. The molecule has 0 N–H and O–H groups in total. The number of hydrogen-bond acceptors (Lipinski definition) is 3. The molecule has 1 nitrogen and oxygen atoms in total. The molecule has 0 aliphatic carbocycles. The summed E-state index contributed by atoms with van der Waals surface area (Å²) in [6, 6.07) is 4.01. The molecule has 0 atom stereocenters. The highest BCUT2D eigenvalue weighted by Crippen LogP contribution is 2.37. The smallest absolute Gasteiger partial charge is 0.137 e. The summed E-state index contributed by atoms with van der Waals surface area (Å²) in [5.41, 5.74) is 1.05. The molecule has 0 saturated carbocycles. The monoisotopic (exact) mass is 244 g/mol. The van der Waals surface area contributed by atoms with Gasteiger partial charge in [0.25, 0.3) is 0 Å². The number of alkyl halides is 1. The fourth-order valence-electron chi connectivity index (χ4n) is 1.45. The summed E-state index contributed by atoms with van der Waals surface area (Å²) in [4.78, 5) is 0.921. The lowest BCUT2D eigenvalue weighted by Crippen LogP contribution is -1.86. The van der Waals surface area contributed by atoms with Crippen molar-refractivity contribution in [1.82, 2.24) is 0 Å². The average Bonchev–Trinajstić information content (AvgIpc) is 2.61. The van der Waals surface area contributed by atoms with Crippen molar-refractivity contribution in [2.75, 3.05) is 7.11 Å². The van der Waals surface area contributed by atoms with Crippen LogP contribution in [0.15, 0.2) is 22.4 Å². The zero-order valence-electron chi connectivity index (χ0n) is 7.58. The van der Waals surface area contributed by atoms with E-state index in [4.69, 9.17) is 16.3 Å². The van der Waals surface area contributed by atoms with E-state index in [1.54, 1.807) is 18.4 Å². The molecule has 1 aromatic heterocycles. The Morgan fingerprint density at radius 3 is 2.93 bits per heavy atom. The predicted octanol–water partition coefficient (Wildman–Crippen LogP) is 3.94. The number of rotatable bonds is 2. The minimum Gasteiger partial charge on any atom is -0.495 e. The van der Waals surface area contributed by atoms with E-state index in [2.05, 4.69) is 12.6 Å². The number of benzene rings is 1. The van der Waals surface area contributed by atoms with Gasteiger partial charge in [-0.15, -0.1) is 35.6 Å². The SMILES string of the molecule is COc1csc2ccc(S)c(CCl)c12. The molecule has 0 aliphatic heterocycles. The van der Waals surface area contributed by atoms with Crippen molar-refractivity contribution in [3.8, 4) is 5.75 Å². The van der Waals surface area contributed by atoms with Gasteiger partial charge in [-0.1, -0.05) is 0 Å². The summed E-state index contributed by atoms with van der Waals surface area (Å²) in [5, 5.41) is 3.09. The minimum absolute atomic E-state index is 0.462. The van der Waals surface area contributed by atoms with E-state index in [9.17, 15) is 0 Å². The van der Waals surface area contributed by atoms with Crippen molar-refractivity contribution >= 4 is 45.7 Å². The van der Waals surface area contributed by atoms with Crippen molar-refractivity contribution in [1.29, 1.82) is 0 Å². The van der Waals surface area contributed by atoms with Crippen LogP contribution in [-0.2, 0) is 5.88 Å². The van der Waals surface area contributed by atoms with Gasteiger partial charge in [0.15, 0.2) is 0 Å². The van der Waals surface area contributed by atoms with Gasteiger partial charge in [-0.2, -0.15) is 0 Å². The average molecular weight is 245 g/mol. The van der Waals surface area contributed by atoms with E-state index >= 15 is 0 Å². The molecular weight excluding hydrogens is 236 g/mol. The highest BCUT2D eigenvalue weighted by Gasteiger charge is 2.11. The maximum absolute atomic E-state index is 5.90. The van der Waals surface area contributed by atoms with E-state index in [0.717, 1.165) is 21.6 Å². The molecule has 0 spiro atoms. The number of thiol groups is 1. The van der Waals surface area contributed by atoms with E-state index in [0.29, 0.717) is 5.88 Å². The first kappa shape index (κ1) is 10.1. The molecule has 1 aromatic carbocycles. The van der Waals surface area contributed by atoms with Gasteiger partial charge in [0.1, 0.15) is 5.75 Å². The zero-order chi connectivity index (χ0) is 10.1. The minimum atomic E-state index is 0.462. The van der Waals surface area contributed by atoms with E-state index in [1.165, 1.54) is 4.70 Å². The molecule has 0 unspecified atom stereocenters. The molecule has 0 fully saturated rings. The first-order chi connectivity index (χ1) is 6.77. The standard InChI is InChI=1S/C10H9ClOS2/c1-12-7-5-14-9-3-2-8(13)6(4-11)10(7)9/h2-3,5,13H,4H2,1H3. The Kier molecular flexibility index (Phi) is 2.91. The first-order valence-electron chi connectivity index (χ1n) is 4.10. The molecule has 14 heavy (non-hydrogen) atoms. The molecule has 0 radical (unpaired) electrons. The summed E-state index contributed by atoms with van der Waals surface area (Å²) >= 11 is 11.9. The third kappa shape index (κ3) is 1.49. The summed E-state index contributed by atoms with van der Waals surface area (Å²) in [7, 11) is 1.67. The number of halogens is 1. The summed E-state index contributed by atoms with van der Waals surface area (Å²) in [6.07, 6.45) is 0. The highest BCUT2D eigenvalue weighted by molar-refractivity contribution is 7.80. The van der Waals surface area contributed by atoms with Crippen LogP contribution in [-0.4, -0.2) is 7.11 Å². The second-order valence-electron chi connectivity index (χ2n) is 2.87. The lowest BCUT2D eigenvalue weighted by Gasteiger charge is -2.05. The second-order valence-corrected chi connectivity index (χ2v) is 4.53. The highest BCUT2D eigenvalue weighted by atomic mass is 35.5. The van der Waals surface area contributed by atoms with Crippen molar-refractivity contribution in [2.24, 2.45) is 0 Å². The molecule has 74 valence electrons.